The fourth-order valence-electron chi connectivity index (χ4n) is 1.49. The third-order valence-electron chi connectivity index (χ3n) is 2.36. The zero-order valence-corrected chi connectivity index (χ0v) is 11.6. The van der Waals surface area contributed by atoms with Gasteiger partial charge in [-0.05, 0) is 35.7 Å². The van der Waals surface area contributed by atoms with E-state index in [0.29, 0.717) is 11.1 Å². The molecule has 0 aliphatic rings. The molecule has 0 aliphatic heterocycles. The summed E-state index contributed by atoms with van der Waals surface area (Å²) in [6, 6.07) is 1.98. The molecule has 0 spiro atoms. The molecule has 3 aromatic heterocycles. The van der Waals surface area contributed by atoms with Gasteiger partial charge < -0.3 is 0 Å². The van der Waals surface area contributed by atoms with Gasteiger partial charge in [0.25, 0.3) is 0 Å². The molecule has 0 atom stereocenters. The van der Waals surface area contributed by atoms with Crippen LogP contribution in [-0.4, -0.2) is 19.9 Å². The summed E-state index contributed by atoms with van der Waals surface area (Å²) in [4.78, 5) is 18.1. The van der Waals surface area contributed by atoms with Gasteiger partial charge in [0.15, 0.2) is 5.16 Å². The Hall–Kier alpha value is -1.77. The second kappa shape index (κ2) is 5.08. The van der Waals surface area contributed by atoms with E-state index in [-0.39, 0.29) is 0 Å². The number of thiophene rings is 1. The van der Waals surface area contributed by atoms with Crippen molar-refractivity contribution in [1.29, 1.82) is 0 Å². The largest absolute Gasteiger partial charge is 0.292 e. The highest BCUT2D eigenvalue weighted by Crippen LogP contribution is 2.32. The number of aromatic nitrogens is 4. The zero-order valence-electron chi connectivity index (χ0n) is 9.99. The third-order valence-corrected chi connectivity index (χ3v) is 4.07. The summed E-state index contributed by atoms with van der Waals surface area (Å²) in [6.45, 7) is 1.95. The van der Waals surface area contributed by atoms with Crippen LogP contribution in [0.4, 0.5) is 5.95 Å². The van der Waals surface area contributed by atoms with E-state index in [2.05, 4.69) is 25.4 Å². The number of hydrogen-bond donors (Lipinski definition) is 2. The highest BCUT2D eigenvalue weighted by atomic mass is 32.2. The van der Waals surface area contributed by atoms with Crippen LogP contribution in [0.2, 0.25) is 0 Å². The molecule has 3 heterocycles. The van der Waals surface area contributed by atoms with Gasteiger partial charge in [0.05, 0.1) is 0 Å². The molecule has 8 heteroatoms. The van der Waals surface area contributed by atoms with Crippen molar-refractivity contribution in [2.75, 3.05) is 5.43 Å². The minimum atomic E-state index is 0.393. The van der Waals surface area contributed by atoms with Gasteiger partial charge in [0.2, 0.25) is 5.95 Å². The number of nitrogen functional groups attached to an aromatic ring is 1. The summed E-state index contributed by atoms with van der Waals surface area (Å²) in [7, 11) is 0. The molecule has 0 fully saturated rings. The number of aryl methyl sites for hydroxylation is 1. The second-order valence-electron chi connectivity index (χ2n) is 3.78. The fourth-order valence-corrected chi connectivity index (χ4v) is 3.11. The monoisotopic (exact) mass is 290 g/mol. The molecule has 0 aliphatic carbocycles. The molecule has 0 saturated carbocycles. The quantitative estimate of drug-likeness (QED) is 0.331. The Morgan fingerprint density at radius 2 is 2.05 bits per heavy atom. The molecule has 19 heavy (non-hydrogen) atoms. The second-order valence-corrected chi connectivity index (χ2v) is 5.63. The first-order valence-electron chi connectivity index (χ1n) is 5.44. The molecule has 3 N–H and O–H groups in total. The molecule has 3 rings (SSSR count). The summed E-state index contributed by atoms with van der Waals surface area (Å²) in [5.74, 6) is 5.77. The van der Waals surface area contributed by atoms with Crippen molar-refractivity contribution in [3.05, 3.63) is 29.4 Å². The van der Waals surface area contributed by atoms with Crippen molar-refractivity contribution in [3.63, 3.8) is 0 Å². The fraction of sp³-hybridized carbons (Fsp3) is 0.0909. The van der Waals surface area contributed by atoms with Gasteiger partial charge in [-0.3, -0.25) is 5.43 Å². The van der Waals surface area contributed by atoms with Crippen LogP contribution < -0.4 is 11.3 Å². The molecule has 3 aromatic rings. The molecule has 0 bridgehead atoms. The predicted octanol–water partition coefficient (Wildman–Crippen LogP) is 2.23. The average Bonchev–Trinajstić information content (AvgIpc) is 2.89. The van der Waals surface area contributed by atoms with Crippen molar-refractivity contribution in [2.45, 2.75) is 17.1 Å². The Bertz CT molecular complexity index is 709. The standard InChI is InChI=1S/C11H10N6S2/c1-6-4-13-11(14-5-6)19-9-7-2-3-18-8(7)15-10(16-9)17-12/h2-5H,12H2,1H3,(H,15,16,17). The number of hydrazine groups is 1. The van der Waals surface area contributed by atoms with E-state index < -0.39 is 0 Å². The maximum absolute atomic E-state index is 5.38. The molecular formula is C11H10N6S2. The Balaban J connectivity index is 2.03. The average molecular weight is 290 g/mol. The van der Waals surface area contributed by atoms with E-state index in [1.54, 1.807) is 23.7 Å². The Morgan fingerprint density at radius 1 is 1.26 bits per heavy atom. The zero-order chi connectivity index (χ0) is 13.2. The lowest BCUT2D eigenvalue weighted by atomic mass is 10.4. The van der Waals surface area contributed by atoms with E-state index in [0.717, 1.165) is 20.8 Å². The van der Waals surface area contributed by atoms with E-state index in [1.807, 2.05) is 18.4 Å². The van der Waals surface area contributed by atoms with Gasteiger partial charge in [-0.15, -0.1) is 11.3 Å². The summed E-state index contributed by atoms with van der Waals surface area (Å²) in [5, 5.41) is 4.40. The molecule has 0 aromatic carbocycles. The highest BCUT2D eigenvalue weighted by molar-refractivity contribution is 7.99. The maximum Gasteiger partial charge on any atom is 0.239 e. The van der Waals surface area contributed by atoms with Crippen molar-refractivity contribution < 1.29 is 0 Å². The normalized spacial score (nSPS) is 10.8. The molecule has 0 amide bonds. The SMILES string of the molecule is Cc1cnc(Sc2nc(NN)nc3sccc23)nc1. The number of nitrogens with two attached hydrogens (primary N) is 1. The van der Waals surface area contributed by atoms with Gasteiger partial charge >= 0.3 is 0 Å². The Kier molecular flexibility index (Phi) is 3.28. The summed E-state index contributed by atoms with van der Waals surface area (Å²) in [5.41, 5.74) is 3.50. The Morgan fingerprint density at radius 3 is 2.79 bits per heavy atom. The molecular weight excluding hydrogens is 280 g/mol. The maximum atomic E-state index is 5.38. The number of hydrogen-bond acceptors (Lipinski definition) is 8. The first-order valence-corrected chi connectivity index (χ1v) is 7.14. The van der Waals surface area contributed by atoms with Crippen LogP contribution in [0.5, 0.6) is 0 Å². The lowest BCUT2D eigenvalue weighted by Gasteiger charge is -2.04. The van der Waals surface area contributed by atoms with E-state index >= 15 is 0 Å². The molecule has 0 unspecified atom stereocenters. The smallest absolute Gasteiger partial charge is 0.239 e. The van der Waals surface area contributed by atoms with Gasteiger partial charge in [0.1, 0.15) is 9.86 Å². The molecule has 0 radical (unpaired) electrons. The number of anilines is 1. The van der Waals surface area contributed by atoms with E-state index in [1.165, 1.54) is 11.8 Å². The third kappa shape index (κ3) is 2.50. The van der Waals surface area contributed by atoms with Crippen LogP contribution >= 0.6 is 23.1 Å². The van der Waals surface area contributed by atoms with Crippen LogP contribution in [0.25, 0.3) is 10.2 Å². The summed E-state index contributed by atoms with van der Waals surface area (Å²) < 4.78 is 0. The van der Waals surface area contributed by atoms with Crippen LogP contribution in [0.1, 0.15) is 5.56 Å². The first kappa shape index (κ1) is 12.3. The van der Waals surface area contributed by atoms with Crippen LogP contribution in [0, 0.1) is 6.92 Å². The van der Waals surface area contributed by atoms with E-state index in [4.69, 9.17) is 5.84 Å². The topological polar surface area (TPSA) is 89.6 Å². The molecule has 0 saturated heterocycles. The number of fused-ring (bicyclic) bond motifs is 1. The number of nitrogens with one attached hydrogen (secondary N) is 1. The van der Waals surface area contributed by atoms with E-state index in [9.17, 15) is 0 Å². The van der Waals surface area contributed by atoms with Crippen LogP contribution in [0.3, 0.4) is 0 Å². The van der Waals surface area contributed by atoms with Crippen molar-refractivity contribution in [3.8, 4) is 0 Å². The van der Waals surface area contributed by atoms with Gasteiger partial charge in [-0.2, -0.15) is 0 Å². The number of rotatable bonds is 3. The summed E-state index contributed by atoms with van der Waals surface area (Å²) >= 11 is 2.94. The lowest BCUT2D eigenvalue weighted by Crippen LogP contribution is -2.10. The minimum absolute atomic E-state index is 0.393. The predicted molar refractivity (Wildman–Crippen MR) is 76.1 cm³/mol. The van der Waals surface area contributed by atoms with Crippen molar-refractivity contribution in [1.82, 2.24) is 19.9 Å². The van der Waals surface area contributed by atoms with Gasteiger partial charge in [-0.25, -0.2) is 25.8 Å². The highest BCUT2D eigenvalue weighted by Gasteiger charge is 2.11. The molecule has 6 nitrogen and oxygen atoms in total. The summed E-state index contributed by atoms with van der Waals surface area (Å²) in [6.07, 6.45) is 3.56. The van der Waals surface area contributed by atoms with Gasteiger partial charge in [-0.1, -0.05) is 0 Å². The van der Waals surface area contributed by atoms with Crippen LogP contribution in [-0.2, 0) is 0 Å². The van der Waals surface area contributed by atoms with Crippen molar-refractivity contribution >= 4 is 39.3 Å². The number of nitrogens with zero attached hydrogens (tertiary/aromatic N) is 4. The minimum Gasteiger partial charge on any atom is -0.292 e. The molecule has 96 valence electrons. The lowest BCUT2D eigenvalue weighted by molar-refractivity contribution is 0.945. The van der Waals surface area contributed by atoms with Gasteiger partial charge in [0, 0.05) is 17.8 Å². The Labute approximate surface area is 117 Å². The van der Waals surface area contributed by atoms with Crippen LogP contribution in [0.15, 0.2) is 34.0 Å². The van der Waals surface area contributed by atoms with Crippen molar-refractivity contribution in [2.24, 2.45) is 5.84 Å². The first-order chi connectivity index (χ1) is 9.26.